The zero-order valence-corrected chi connectivity index (χ0v) is 14.1. The van der Waals surface area contributed by atoms with E-state index in [0.717, 1.165) is 24.5 Å². The van der Waals surface area contributed by atoms with Crippen LogP contribution in [0.25, 0.3) is 0 Å². The Labute approximate surface area is 127 Å². The number of nitrogens with one attached hydrogen (secondary N) is 1. The van der Waals surface area contributed by atoms with Gasteiger partial charge >= 0.3 is 0 Å². The Balaban J connectivity index is 0.00000324. The molecule has 1 rings (SSSR count). The third-order valence-corrected chi connectivity index (χ3v) is 3.28. The Hall–Kier alpha value is -0.740. The van der Waals surface area contributed by atoms with Crippen LogP contribution in [0.15, 0.2) is 18.2 Å². The van der Waals surface area contributed by atoms with E-state index in [1.165, 1.54) is 18.4 Å². The highest BCUT2D eigenvalue weighted by atomic mass is 79.9. The number of rotatable bonds is 8. The van der Waals surface area contributed by atoms with Gasteiger partial charge in [-0.1, -0.05) is 19.9 Å². The van der Waals surface area contributed by atoms with Crippen molar-refractivity contribution in [1.82, 2.24) is 5.32 Å². The number of halogens is 1. The molecule has 0 aliphatic heterocycles. The number of benzene rings is 1. The average Bonchev–Trinajstić information content (AvgIpc) is 2.43. The van der Waals surface area contributed by atoms with Crippen LogP contribution in [0.4, 0.5) is 0 Å². The first kappa shape index (κ1) is 18.3. The van der Waals surface area contributed by atoms with E-state index in [9.17, 15) is 0 Å². The second-order valence-corrected chi connectivity index (χ2v) is 4.41. The summed E-state index contributed by atoms with van der Waals surface area (Å²) in [6, 6.07) is 6.74. The summed E-state index contributed by atoms with van der Waals surface area (Å²) in [6.07, 6.45) is 3.38. The average molecular weight is 332 g/mol. The zero-order chi connectivity index (χ0) is 13.4. The van der Waals surface area contributed by atoms with Gasteiger partial charge in [0.25, 0.3) is 0 Å². The third-order valence-electron chi connectivity index (χ3n) is 3.28. The van der Waals surface area contributed by atoms with Gasteiger partial charge in [0.05, 0.1) is 14.2 Å². The van der Waals surface area contributed by atoms with Crippen LogP contribution in [0.3, 0.4) is 0 Å². The Bertz CT molecular complexity index is 354. The molecule has 19 heavy (non-hydrogen) atoms. The van der Waals surface area contributed by atoms with Crippen molar-refractivity contribution in [2.24, 2.45) is 0 Å². The lowest BCUT2D eigenvalue weighted by molar-refractivity contribution is 0.354. The zero-order valence-electron chi connectivity index (χ0n) is 12.4. The maximum atomic E-state index is 5.30. The van der Waals surface area contributed by atoms with Gasteiger partial charge < -0.3 is 14.8 Å². The van der Waals surface area contributed by atoms with Crippen molar-refractivity contribution in [2.45, 2.75) is 39.2 Å². The normalized spacial score (nSPS) is 10.2. The van der Waals surface area contributed by atoms with Crippen LogP contribution in [0.5, 0.6) is 11.5 Å². The summed E-state index contributed by atoms with van der Waals surface area (Å²) in [5, 5.41) is 3.56. The molecule has 0 aromatic heterocycles. The van der Waals surface area contributed by atoms with Gasteiger partial charge in [0.2, 0.25) is 0 Å². The molecule has 0 atom stereocenters. The van der Waals surface area contributed by atoms with Gasteiger partial charge in [-0.05, 0) is 43.5 Å². The van der Waals surface area contributed by atoms with E-state index in [1.54, 1.807) is 14.2 Å². The van der Waals surface area contributed by atoms with Gasteiger partial charge in [-0.15, -0.1) is 17.0 Å². The number of ether oxygens (including phenoxy) is 2. The van der Waals surface area contributed by atoms with Crippen LogP contribution in [0, 0.1) is 0 Å². The van der Waals surface area contributed by atoms with Crippen molar-refractivity contribution in [3.63, 3.8) is 0 Å². The molecule has 110 valence electrons. The summed E-state index contributed by atoms with van der Waals surface area (Å²) in [5.41, 5.74) is 1.27. The molecule has 1 aromatic carbocycles. The molecule has 0 amide bonds. The van der Waals surface area contributed by atoms with Crippen molar-refractivity contribution in [3.8, 4) is 11.5 Å². The molecule has 0 saturated carbocycles. The monoisotopic (exact) mass is 331 g/mol. The van der Waals surface area contributed by atoms with E-state index >= 15 is 0 Å². The second-order valence-electron chi connectivity index (χ2n) is 4.41. The van der Waals surface area contributed by atoms with Gasteiger partial charge in [0.1, 0.15) is 0 Å². The minimum absolute atomic E-state index is 0. The molecule has 4 heteroatoms. The van der Waals surface area contributed by atoms with E-state index < -0.39 is 0 Å². The molecule has 0 aliphatic rings. The van der Waals surface area contributed by atoms with Crippen LogP contribution >= 0.6 is 17.0 Å². The van der Waals surface area contributed by atoms with Crippen LogP contribution in [-0.2, 0) is 6.42 Å². The lowest BCUT2D eigenvalue weighted by Gasteiger charge is -2.15. The van der Waals surface area contributed by atoms with E-state index in [4.69, 9.17) is 9.47 Å². The van der Waals surface area contributed by atoms with Crippen molar-refractivity contribution in [2.75, 3.05) is 20.8 Å². The Kier molecular flexibility index (Phi) is 9.70. The standard InChI is InChI=1S/C15H25NO2.BrH/c1-5-13(6-2)16-10-9-12-7-8-14(17-3)15(11-12)18-4;/h7-8,11,13,16H,5-6,9-10H2,1-4H3;1H. The Morgan fingerprint density at radius 2 is 1.68 bits per heavy atom. The fraction of sp³-hybridized carbons (Fsp3) is 0.600. The van der Waals surface area contributed by atoms with Gasteiger partial charge in [-0.2, -0.15) is 0 Å². The molecular weight excluding hydrogens is 306 g/mol. The summed E-state index contributed by atoms with van der Waals surface area (Å²) in [4.78, 5) is 0. The molecule has 0 unspecified atom stereocenters. The number of hydrogen-bond donors (Lipinski definition) is 1. The van der Waals surface area contributed by atoms with Gasteiger partial charge in [0.15, 0.2) is 11.5 Å². The molecule has 1 N–H and O–H groups in total. The summed E-state index contributed by atoms with van der Waals surface area (Å²) in [7, 11) is 3.33. The molecule has 0 heterocycles. The topological polar surface area (TPSA) is 30.5 Å². The molecule has 3 nitrogen and oxygen atoms in total. The molecule has 0 saturated heterocycles. The highest BCUT2D eigenvalue weighted by Crippen LogP contribution is 2.27. The number of hydrogen-bond acceptors (Lipinski definition) is 3. The van der Waals surface area contributed by atoms with Gasteiger partial charge in [-0.3, -0.25) is 0 Å². The Morgan fingerprint density at radius 3 is 2.21 bits per heavy atom. The molecule has 0 fully saturated rings. The summed E-state index contributed by atoms with van der Waals surface area (Å²) >= 11 is 0. The SMILES string of the molecule is Br.CCC(CC)NCCc1ccc(OC)c(OC)c1. The largest absolute Gasteiger partial charge is 0.493 e. The second kappa shape index (κ2) is 10.1. The molecular formula is C15H26BrNO2. The minimum Gasteiger partial charge on any atom is -0.493 e. The third kappa shape index (κ3) is 5.83. The van der Waals surface area contributed by atoms with Crippen molar-refractivity contribution in [3.05, 3.63) is 23.8 Å². The lowest BCUT2D eigenvalue weighted by atomic mass is 10.1. The maximum Gasteiger partial charge on any atom is 0.160 e. The lowest BCUT2D eigenvalue weighted by Crippen LogP contribution is -2.29. The first-order chi connectivity index (χ1) is 8.74. The van der Waals surface area contributed by atoms with Crippen LogP contribution < -0.4 is 14.8 Å². The van der Waals surface area contributed by atoms with E-state index in [0.29, 0.717) is 6.04 Å². The smallest absolute Gasteiger partial charge is 0.160 e. The minimum atomic E-state index is 0. The summed E-state index contributed by atoms with van der Waals surface area (Å²) in [6.45, 7) is 5.44. The first-order valence-electron chi connectivity index (χ1n) is 6.69. The van der Waals surface area contributed by atoms with Gasteiger partial charge in [0, 0.05) is 6.04 Å². The Morgan fingerprint density at radius 1 is 1.05 bits per heavy atom. The molecule has 0 radical (unpaired) electrons. The van der Waals surface area contributed by atoms with Crippen molar-refractivity contribution < 1.29 is 9.47 Å². The van der Waals surface area contributed by atoms with Gasteiger partial charge in [-0.25, -0.2) is 0 Å². The fourth-order valence-electron chi connectivity index (χ4n) is 2.03. The fourth-order valence-corrected chi connectivity index (χ4v) is 2.03. The quantitative estimate of drug-likeness (QED) is 0.789. The molecule has 0 spiro atoms. The first-order valence-corrected chi connectivity index (χ1v) is 6.69. The molecule has 1 aromatic rings. The van der Waals surface area contributed by atoms with Crippen molar-refractivity contribution >= 4 is 17.0 Å². The highest BCUT2D eigenvalue weighted by Gasteiger charge is 2.05. The predicted molar refractivity (Wildman–Crippen MR) is 85.9 cm³/mol. The molecule has 0 bridgehead atoms. The number of methoxy groups -OCH3 is 2. The van der Waals surface area contributed by atoms with Crippen LogP contribution in [0.2, 0.25) is 0 Å². The van der Waals surface area contributed by atoms with E-state index in [1.807, 2.05) is 12.1 Å². The predicted octanol–water partition coefficient (Wildman–Crippen LogP) is 3.60. The van der Waals surface area contributed by atoms with Crippen LogP contribution in [-0.4, -0.2) is 26.8 Å². The van der Waals surface area contributed by atoms with E-state index in [-0.39, 0.29) is 17.0 Å². The van der Waals surface area contributed by atoms with Crippen LogP contribution in [0.1, 0.15) is 32.3 Å². The maximum absolute atomic E-state index is 5.30. The van der Waals surface area contributed by atoms with Crippen molar-refractivity contribution in [1.29, 1.82) is 0 Å². The molecule has 0 aliphatic carbocycles. The summed E-state index contributed by atoms with van der Waals surface area (Å²) < 4.78 is 10.5. The van der Waals surface area contributed by atoms with E-state index in [2.05, 4.69) is 25.2 Å². The summed E-state index contributed by atoms with van der Waals surface area (Å²) in [5.74, 6) is 1.59. The highest BCUT2D eigenvalue weighted by molar-refractivity contribution is 8.93.